The first-order valence-electron chi connectivity index (χ1n) is 6.63. The molecular formula is C14H21N3O3. The number of nitrogens with one attached hydrogen (secondary N) is 2. The largest absolute Gasteiger partial charge is 0.493 e. The summed E-state index contributed by atoms with van der Waals surface area (Å²) in [5.74, 6) is 1.10. The maximum atomic E-state index is 11.9. The van der Waals surface area contributed by atoms with Crippen molar-refractivity contribution in [1.82, 2.24) is 5.32 Å². The molecule has 1 unspecified atom stereocenters. The van der Waals surface area contributed by atoms with E-state index in [-0.39, 0.29) is 11.9 Å². The lowest BCUT2D eigenvalue weighted by Crippen LogP contribution is -2.38. The molecule has 1 aliphatic carbocycles. The van der Waals surface area contributed by atoms with Gasteiger partial charge in [0.1, 0.15) is 6.04 Å². The van der Waals surface area contributed by atoms with E-state index in [9.17, 15) is 4.79 Å². The summed E-state index contributed by atoms with van der Waals surface area (Å²) in [4.78, 5) is 11.9. The fourth-order valence-electron chi connectivity index (χ4n) is 1.87. The molecule has 1 aliphatic rings. The molecule has 20 heavy (non-hydrogen) atoms. The van der Waals surface area contributed by atoms with Crippen LogP contribution in [-0.4, -0.2) is 32.2 Å². The van der Waals surface area contributed by atoms with Crippen molar-refractivity contribution < 1.29 is 14.3 Å². The van der Waals surface area contributed by atoms with E-state index >= 15 is 0 Å². The Labute approximate surface area is 118 Å². The Bertz CT molecular complexity index is 501. The van der Waals surface area contributed by atoms with Crippen LogP contribution in [0.2, 0.25) is 0 Å². The van der Waals surface area contributed by atoms with Crippen LogP contribution in [0.25, 0.3) is 0 Å². The van der Waals surface area contributed by atoms with Crippen molar-refractivity contribution in [3.05, 3.63) is 12.1 Å². The highest BCUT2D eigenvalue weighted by molar-refractivity contribution is 5.86. The quantitative estimate of drug-likeness (QED) is 0.685. The average Bonchev–Trinajstić information content (AvgIpc) is 3.24. The molecule has 6 nitrogen and oxygen atoms in total. The normalized spacial score (nSPS) is 15.3. The van der Waals surface area contributed by atoms with Crippen molar-refractivity contribution >= 4 is 17.3 Å². The van der Waals surface area contributed by atoms with Crippen LogP contribution in [0.4, 0.5) is 11.4 Å². The molecule has 110 valence electrons. The highest BCUT2D eigenvalue weighted by Crippen LogP contribution is 2.35. The number of benzene rings is 1. The van der Waals surface area contributed by atoms with Crippen LogP contribution in [0.1, 0.15) is 19.8 Å². The minimum absolute atomic E-state index is 0.0262. The summed E-state index contributed by atoms with van der Waals surface area (Å²) in [6.45, 7) is 1.80. The maximum Gasteiger partial charge on any atom is 0.242 e. The molecule has 2 rings (SSSR count). The van der Waals surface area contributed by atoms with Gasteiger partial charge in [-0.1, -0.05) is 0 Å². The molecule has 0 saturated heterocycles. The van der Waals surface area contributed by atoms with Gasteiger partial charge in [-0.3, -0.25) is 4.79 Å². The van der Waals surface area contributed by atoms with Crippen molar-refractivity contribution in [3.8, 4) is 11.5 Å². The third kappa shape index (κ3) is 3.26. The summed E-state index contributed by atoms with van der Waals surface area (Å²) < 4.78 is 10.4. The number of hydrogen-bond donors (Lipinski definition) is 3. The lowest BCUT2D eigenvalue weighted by atomic mass is 10.2. The average molecular weight is 279 g/mol. The minimum Gasteiger partial charge on any atom is -0.493 e. The highest BCUT2D eigenvalue weighted by atomic mass is 16.5. The molecule has 4 N–H and O–H groups in total. The molecular weight excluding hydrogens is 258 g/mol. The third-order valence-electron chi connectivity index (χ3n) is 3.24. The zero-order valence-corrected chi connectivity index (χ0v) is 12.0. The van der Waals surface area contributed by atoms with E-state index in [0.29, 0.717) is 28.9 Å². The second-order valence-electron chi connectivity index (χ2n) is 4.94. The van der Waals surface area contributed by atoms with Crippen LogP contribution in [-0.2, 0) is 4.79 Å². The van der Waals surface area contributed by atoms with Crippen molar-refractivity contribution in [2.45, 2.75) is 31.8 Å². The van der Waals surface area contributed by atoms with E-state index in [0.717, 1.165) is 12.8 Å². The summed E-state index contributed by atoms with van der Waals surface area (Å²) in [6.07, 6.45) is 2.13. The molecule has 1 amide bonds. The molecule has 1 saturated carbocycles. The molecule has 0 aliphatic heterocycles. The Hall–Kier alpha value is -2.11. The Morgan fingerprint density at radius 3 is 2.45 bits per heavy atom. The van der Waals surface area contributed by atoms with Crippen LogP contribution < -0.4 is 25.8 Å². The van der Waals surface area contributed by atoms with Gasteiger partial charge in [0.2, 0.25) is 5.91 Å². The number of hydrogen-bond acceptors (Lipinski definition) is 5. The summed E-state index contributed by atoms with van der Waals surface area (Å²) in [7, 11) is 3.11. The van der Waals surface area contributed by atoms with Crippen LogP contribution in [0.3, 0.4) is 0 Å². The molecule has 1 aromatic carbocycles. The Balaban J connectivity index is 2.09. The molecule has 1 atom stereocenters. The van der Waals surface area contributed by atoms with Gasteiger partial charge in [-0.2, -0.15) is 0 Å². The zero-order valence-electron chi connectivity index (χ0n) is 12.0. The number of rotatable bonds is 6. The van der Waals surface area contributed by atoms with E-state index in [1.807, 2.05) is 0 Å². The van der Waals surface area contributed by atoms with Crippen LogP contribution in [0, 0.1) is 0 Å². The molecule has 0 aromatic heterocycles. The number of carbonyl (C=O) groups is 1. The van der Waals surface area contributed by atoms with Gasteiger partial charge in [-0.15, -0.1) is 0 Å². The number of nitrogen functional groups attached to an aromatic ring is 1. The second kappa shape index (κ2) is 5.90. The molecule has 1 aromatic rings. The van der Waals surface area contributed by atoms with Crippen molar-refractivity contribution in [3.63, 3.8) is 0 Å². The smallest absolute Gasteiger partial charge is 0.242 e. The lowest BCUT2D eigenvalue weighted by molar-refractivity contribution is -0.121. The highest BCUT2D eigenvalue weighted by Gasteiger charge is 2.25. The lowest BCUT2D eigenvalue weighted by Gasteiger charge is -2.18. The van der Waals surface area contributed by atoms with Crippen molar-refractivity contribution in [2.75, 3.05) is 25.3 Å². The Morgan fingerprint density at radius 1 is 1.30 bits per heavy atom. The van der Waals surface area contributed by atoms with Gasteiger partial charge in [-0.05, 0) is 19.8 Å². The molecule has 0 bridgehead atoms. The van der Waals surface area contributed by atoms with Gasteiger partial charge in [0, 0.05) is 18.2 Å². The predicted octanol–water partition coefficient (Wildman–Crippen LogP) is 1.36. The number of nitrogens with two attached hydrogens (primary N) is 1. The summed E-state index contributed by atoms with van der Waals surface area (Å²) in [6, 6.07) is 3.38. The summed E-state index contributed by atoms with van der Waals surface area (Å²) in [5, 5.41) is 6.04. The summed E-state index contributed by atoms with van der Waals surface area (Å²) in [5.41, 5.74) is 7.11. The number of amides is 1. The number of carbonyl (C=O) groups excluding carboxylic acids is 1. The van der Waals surface area contributed by atoms with Crippen molar-refractivity contribution in [1.29, 1.82) is 0 Å². The fourth-order valence-corrected chi connectivity index (χ4v) is 1.87. The predicted molar refractivity (Wildman–Crippen MR) is 78.2 cm³/mol. The Morgan fingerprint density at radius 2 is 1.90 bits per heavy atom. The van der Waals surface area contributed by atoms with Gasteiger partial charge >= 0.3 is 0 Å². The second-order valence-corrected chi connectivity index (χ2v) is 4.94. The van der Waals surface area contributed by atoms with Gasteiger partial charge in [-0.25, -0.2) is 0 Å². The molecule has 0 heterocycles. The first-order valence-corrected chi connectivity index (χ1v) is 6.63. The van der Waals surface area contributed by atoms with Crippen LogP contribution in [0.5, 0.6) is 11.5 Å². The topological polar surface area (TPSA) is 85.6 Å². The Kier molecular flexibility index (Phi) is 4.22. The zero-order chi connectivity index (χ0) is 14.7. The van der Waals surface area contributed by atoms with E-state index in [1.165, 1.54) is 0 Å². The SMILES string of the molecule is COc1cc(N)c(NC(C)C(=O)NC2CC2)cc1OC. The third-order valence-corrected chi connectivity index (χ3v) is 3.24. The van der Waals surface area contributed by atoms with Gasteiger partial charge in [0.15, 0.2) is 11.5 Å². The molecule has 0 spiro atoms. The van der Waals surface area contributed by atoms with Gasteiger partial charge in [0.25, 0.3) is 0 Å². The monoisotopic (exact) mass is 279 g/mol. The van der Waals surface area contributed by atoms with Crippen molar-refractivity contribution in [2.24, 2.45) is 0 Å². The van der Waals surface area contributed by atoms with Crippen LogP contribution in [0.15, 0.2) is 12.1 Å². The van der Waals surface area contributed by atoms with Gasteiger partial charge < -0.3 is 25.8 Å². The van der Waals surface area contributed by atoms with E-state index in [1.54, 1.807) is 33.3 Å². The standard InChI is InChI=1S/C14H21N3O3/c1-8(14(18)17-9-4-5-9)16-11-7-13(20-3)12(19-2)6-10(11)15/h6-9,16H,4-5,15H2,1-3H3,(H,17,18). The maximum absolute atomic E-state index is 11.9. The number of ether oxygens (including phenoxy) is 2. The van der Waals surface area contributed by atoms with Crippen LogP contribution >= 0.6 is 0 Å². The minimum atomic E-state index is -0.365. The first-order chi connectivity index (χ1) is 9.55. The molecule has 0 radical (unpaired) electrons. The number of anilines is 2. The summed E-state index contributed by atoms with van der Waals surface area (Å²) >= 11 is 0. The number of methoxy groups -OCH3 is 2. The molecule has 1 fully saturated rings. The fraction of sp³-hybridized carbons (Fsp3) is 0.500. The van der Waals surface area contributed by atoms with E-state index in [2.05, 4.69) is 10.6 Å². The van der Waals surface area contributed by atoms with Gasteiger partial charge in [0.05, 0.1) is 25.6 Å². The molecule has 6 heteroatoms. The van der Waals surface area contributed by atoms with E-state index < -0.39 is 0 Å². The first kappa shape index (κ1) is 14.3. The van der Waals surface area contributed by atoms with E-state index in [4.69, 9.17) is 15.2 Å².